The number of rotatable bonds is 9. The van der Waals surface area contributed by atoms with Crippen molar-refractivity contribution >= 4 is 40.6 Å². The zero-order valence-corrected chi connectivity index (χ0v) is 18.8. The van der Waals surface area contributed by atoms with Gasteiger partial charge in [0, 0.05) is 7.11 Å². The molecule has 8 nitrogen and oxygen atoms in total. The van der Waals surface area contributed by atoms with Gasteiger partial charge in [0.1, 0.15) is 0 Å². The van der Waals surface area contributed by atoms with Crippen LogP contribution in [0.15, 0.2) is 58.4 Å². The SMILES string of the molecule is COCCN1C(=O)C(=Cc2ccc(OC(C)C(=O)O)c(OC)c2)SC1=Nc1ccccc1. The molecule has 1 amide bonds. The van der Waals surface area contributed by atoms with E-state index in [1.165, 1.54) is 25.8 Å². The molecule has 1 aliphatic heterocycles. The first-order chi connectivity index (χ1) is 15.4. The maximum atomic E-state index is 13.0. The summed E-state index contributed by atoms with van der Waals surface area (Å²) in [5, 5.41) is 9.63. The lowest BCUT2D eigenvalue weighted by atomic mass is 10.2. The Kier molecular flexibility index (Phi) is 7.91. The maximum Gasteiger partial charge on any atom is 0.344 e. The van der Waals surface area contributed by atoms with Gasteiger partial charge in [-0.1, -0.05) is 24.3 Å². The Balaban J connectivity index is 1.89. The molecule has 168 valence electrons. The summed E-state index contributed by atoms with van der Waals surface area (Å²) in [5.74, 6) is -0.562. The van der Waals surface area contributed by atoms with E-state index in [4.69, 9.17) is 19.3 Å². The van der Waals surface area contributed by atoms with Crippen molar-refractivity contribution in [2.75, 3.05) is 27.4 Å². The normalized spacial score (nSPS) is 17.1. The molecule has 1 unspecified atom stereocenters. The number of aliphatic imine (C=N–C) groups is 1. The molecule has 1 heterocycles. The van der Waals surface area contributed by atoms with Crippen molar-refractivity contribution in [1.82, 2.24) is 4.90 Å². The van der Waals surface area contributed by atoms with Gasteiger partial charge in [0.25, 0.3) is 5.91 Å². The summed E-state index contributed by atoms with van der Waals surface area (Å²) in [6, 6.07) is 14.5. The number of carbonyl (C=O) groups excluding carboxylic acids is 1. The van der Waals surface area contributed by atoms with Gasteiger partial charge in [-0.25, -0.2) is 9.79 Å². The van der Waals surface area contributed by atoms with Crippen LogP contribution in [0.3, 0.4) is 0 Å². The third kappa shape index (κ3) is 5.68. The van der Waals surface area contributed by atoms with Crippen LogP contribution in [0.25, 0.3) is 6.08 Å². The molecule has 0 radical (unpaired) electrons. The molecule has 1 fully saturated rings. The van der Waals surface area contributed by atoms with E-state index in [2.05, 4.69) is 4.99 Å². The fourth-order valence-electron chi connectivity index (χ4n) is 2.85. The number of ether oxygens (including phenoxy) is 3. The van der Waals surface area contributed by atoms with E-state index in [-0.39, 0.29) is 5.91 Å². The molecule has 1 saturated heterocycles. The van der Waals surface area contributed by atoms with Gasteiger partial charge >= 0.3 is 5.97 Å². The Morgan fingerprint density at radius 1 is 1.19 bits per heavy atom. The molecule has 0 bridgehead atoms. The molecule has 0 saturated carbocycles. The van der Waals surface area contributed by atoms with E-state index in [0.717, 1.165) is 5.69 Å². The number of aliphatic carboxylic acids is 1. The quantitative estimate of drug-likeness (QED) is 0.573. The zero-order chi connectivity index (χ0) is 23.1. The van der Waals surface area contributed by atoms with Gasteiger partial charge in [-0.3, -0.25) is 9.69 Å². The van der Waals surface area contributed by atoms with Crippen molar-refractivity contribution in [3.8, 4) is 11.5 Å². The van der Waals surface area contributed by atoms with Gasteiger partial charge in [-0.05, 0) is 54.6 Å². The summed E-state index contributed by atoms with van der Waals surface area (Å²) >= 11 is 1.28. The van der Waals surface area contributed by atoms with Crippen molar-refractivity contribution in [3.05, 3.63) is 59.0 Å². The average molecular weight is 457 g/mol. The molecule has 0 aliphatic carbocycles. The predicted octanol–water partition coefficient (Wildman–Crippen LogP) is 3.80. The van der Waals surface area contributed by atoms with Gasteiger partial charge in [-0.15, -0.1) is 0 Å². The number of hydrogen-bond acceptors (Lipinski definition) is 7. The van der Waals surface area contributed by atoms with E-state index in [1.54, 1.807) is 36.3 Å². The van der Waals surface area contributed by atoms with Gasteiger partial charge in [0.2, 0.25) is 0 Å². The molecular weight excluding hydrogens is 432 g/mol. The molecule has 2 aromatic carbocycles. The van der Waals surface area contributed by atoms with Gasteiger partial charge < -0.3 is 19.3 Å². The van der Waals surface area contributed by atoms with Crippen molar-refractivity contribution in [3.63, 3.8) is 0 Å². The first kappa shape index (κ1) is 23.4. The number of carbonyl (C=O) groups is 2. The predicted molar refractivity (Wildman–Crippen MR) is 123 cm³/mol. The highest BCUT2D eigenvalue weighted by Crippen LogP contribution is 2.36. The van der Waals surface area contributed by atoms with Crippen LogP contribution in [-0.2, 0) is 14.3 Å². The van der Waals surface area contributed by atoms with Crippen LogP contribution in [0.5, 0.6) is 11.5 Å². The number of thioether (sulfide) groups is 1. The smallest absolute Gasteiger partial charge is 0.344 e. The fourth-order valence-corrected chi connectivity index (χ4v) is 3.87. The van der Waals surface area contributed by atoms with E-state index < -0.39 is 12.1 Å². The lowest BCUT2D eigenvalue weighted by Gasteiger charge is -2.15. The van der Waals surface area contributed by atoms with Crippen LogP contribution in [0, 0.1) is 0 Å². The summed E-state index contributed by atoms with van der Waals surface area (Å²) in [7, 11) is 3.05. The van der Waals surface area contributed by atoms with E-state index >= 15 is 0 Å². The van der Waals surface area contributed by atoms with Gasteiger partial charge in [0.15, 0.2) is 22.8 Å². The van der Waals surface area contributed by atoms with Crippen LogP contribution in [-0.4, -0.2) is 60.5 Å². The first-order valence-corrected chi connectivity index (χ1v) is 10.7. The molecule has 1 aliphatic rings. The molecule has 0 spiro atoms. The van der Waals surface area contributed by atoms with E-state index in [0.29, 0.717) is 40.3 Å². The fraction of sp³-hybridized carbons (Fsp3) is 0.261. The van der Waals surface area contributed by atoms with Crippen molar-refractivity contribution in [2.45, 2.75) is 13.0 Å². The topological polar surface area (TPSA) is 97.7 Å². The minimum atomic E-state index is -1.08. The molecule has 2 aromatic rings. The minimum absolute atomic E-state index is 0.166. The second kappa shape index (κ2) is 10.8. The van der Waals surface area contributed by atoms with Gasteiger partial charge in [-0.2, -0.15) is 0 Å². The minimum Gasteiger partial charge on any atom is -0.493 e. The second-order valence-corrected chi connectivity index (χ2v) is 7.81. The van der Waals surface area contributed by atoms with E-state index in [9.17, 15) is 9.59 Å². The van der Waals surface area contributed by atoms with Crippen LogP contribution in [0.4, 0.5) is 5.69 Å². The standard InChI is InChI=1S/C23H24N2O6S/c1-15(22(27)28)31-18-10-9-16(13-19(18)30-3)14-20-21(26)25(11-12-29-2)23(32-20)24-17-7-5-4-6-8-17/h4-10,13-15H,11-12H2,1-3H3,(H,27,28). The Morgan fingerprint density at radius 3 is 2.59 bits per heavy atom. The molecule has 3 rings (SSSR count). The highest BCUT2D eigenvalue weighted by atomic mass is 32.2. The monoisotopic (exact) mass is 456 g/mol. The Morgan fingerprint density at radius 2 is 1.94 bits per heavy atom. The van der Waals surface area contributed by atoms with Crippen molar-refractivity contribution in [1.29, 1.82) is 0 Å². The highest BCUT2D eigenvalue weighted by Gasteiger charge is 2.33. The zero-order valence-electron chi connectivity index (χ0n) is 18.0. The summed E-state index contributed by atoms with van der Waals surface area (Å²) in [5.41, 5.74) is 1.46. The molecule has 0 aromatic heterocycles. The van der Waals surface area contributed by atoms with Crippen molar-refractivity contribution in [2.24, 2.45) is 4.99 Å². The number of nitrogens with zero attached hydrogens (tertiary/aromatic N) is 2. The number of hydrogen-bond donors (Lipinski definition) is 1. The molecule has 1 N–H and O–H groups in total. The number of amidine groups is 1. The van der Waals surface area contributed by atoms with Crippen LogP contribution in [0.2, 0.25) is 0 Å². The Hall–Kier alpha value is -3.30. The summed E-state index contributed by atoms with van der Waals surface area (Å²) < 4.78 is 15.9. The summed E-state index contributed by atoms with van der Waals surface area (Å²) in [6.45, 7) is 2.21. The highest BCUT2D eigenvalue weighted by molar-refractivity contribution is 8.18. The average Bonchev–Trinajstić information content (AvgIpc) is 3.07. The Bertz CT molecular complexity index is 1040. The van der Waals surface area contributed by atoms with E-state index in [1.807, 2.05) is 30.3 Å². The first-order valence-electron chi connectivity index (χ1n) is 9.84. The lowest BCUT2D eigenvalue weighted by Crippen LogP contribution is -2.32. The van der Waals surface area contributed by atoms with Crippen LogP contribution >= 0.6 is 11.8 Å². The molecule has 9 heteroatoms. The largest absolute Gasteiger partial charge is 0.493 e. The maximum absolute atomic E-state index is 13.0. The number of benzene rings is 2. The van der Waals surface area contributed by atoms with Crippen LogP contribution < -0.4 is 9.47 Å². The molecule has 1 atom stereocenters. The number of amides is 1. The molecular formula is C23H24N2O6S. The van der Waals surface area contributed by atoms with Crippen LogP contribution in [0.1, 0.15) is 12.5 Å². The third-order valence-electron chi connectivity index (χ3n) is 4.52. The lowest BCUT2D eigenvalue weighted by molar-refractivity contribution is -0.144. The van der Waals surface area contributed by atoms with Crippen molar-refractivity contribution < 1.29 is 28.9 Å². The second-order valence-electron chi connectivity index (χ2n) is 6.80. The third-order valence-corrected chi connectivity index (χ3v) is 5.53. The summed E-state index contributed by atoms with van der Waals surface area (Å²) in [6.07, 6.45) is 0.721. The Labute approximate surface area is 190 Å². The van der Waals surface area contributed by atoms with Gasteiger partial charge in [0.05, 0.1) is 30.9 Å². The molecule has 32 heavy (non-hydrogen) atoms. The summed E-state index contributed by atoms with van der Waals surface area (Å²) in [4.78, 5) is 30.8. The number of carboxylic acid groups (broad SMARTS) is 1. The number of para-hydroxylation sites is 1. The number of methoxy groups -OCH3 is 2. The number of carboxylic acids is 1.